The lowest BCUT2D eigenvalue weighted by molar-refractivity contribution is -0.104. The molecule has 0 amide bonds. The van der Waals surface area contributed by atoms with Gasteiger partial charge in [-0.2, -0.15) is 0 Å². The van der Waals surface area contributed by atoms with Crippen LogP contribution in [0.5, 0.6) is 0 Å². The number of rotatable bonds is 3. The number of halogens is 1. The van der Waals surface area contributed by atoms with Crippen LogP contribution in [0.15, 0.2) is 36.0 Å². The Kier molecular flexibility index (Phi) is 14.7. The van der Waals surface area contributed by atoms with Crippen LogP contribution in [0.2, 0.25) is 0 Å². The van der Waals surface area contributed by atoms with Crippen molar-refractivity contribution in [2.75, 3.05) is 6.38 Å². The van der Waals surface area contributed by atoms with Gasteiger partial charge in [-0.15, -0.1) is 11.6 Å². The molecule has 0 rings (SSSR count). The maximum absolute atomic E-state index is 10.2. The molecule has 0 N–H and O–H groups in total. The molecule has 0 spiro atoms. The zero-order valence-corrected chi connectivity index (χ0v) is 8.51. The fourth-order valence-electron chi connectivity index (χ4n) is 0.534. The molecular formula is C10H15ClO. The van der Waals surface area contributed by atoms with Gasteiger partial charge in [0, 0.05) is 12.0 Å². The van der Waals surface area contributed by atoms with Crippen LogP contribution in [0.1, 0.15) is 13.8 Å². The van der Waals surface area contributed by atoms with Gasteiger partial charge in [0.2, 0.25) is 0 Å². The first-order valence-corrected chi connectivity index (χ1v) is 4.39. The lowest BCUT2D eigenvalue weighted by Crippen LogP contribution is -1.75. The third kappa shape index (κ3) is 9.18. The Balaban J connectivity index is 0. The Labute approximate surface area is 79.4 Å². The molecular weight excluding hydrogens is 172 g/mol. The van der Waals surface area contributed by atoms with Gasteiger partial charge in [0.05, 0.1) is 0 Å². The van der Waals surface area contributed by atoms with E-state index in [0.717, 1.165) is 6.29 Å². The maximum atomic E-state index is 10.2. The molecule has 0 aromatic rings. The van der Waals surface area contributed by atoms with Crippen LogP contribution < -0.4 is 0 Å². The van der Waals surface area contributed by atoms with E-state index in [9.17, 15) is 4.79 Å². The van der Waals surface area contributed by atoms with E-state index in [1.165, 1.54) is 6.38 Å². The summed E-state index contributed by atoms with van der Waals surface area (Å²) in [6, 6.07) is 0. The van der Waals surface area contributed by atoms with Crippen molar-refractivity contribution in [3.05, 3.63) is 36.0 Å². The first-order valence-electron chi connectivity index (χ1n) is 3.63. The van der Waals surface area contributed by atoms with Gasteiger partial charge in [-0.1, -0.05) is 30.4 Å². The fourth-order valence-corrected chi connectivity index (χ4v) is 0.534. The van der Waals surface area contributed by atoms with E-state index in [0.29, 0.717) is 5.57 Å². The Bertz CT molecular complexity index is 178. The van der Waals surface area contributed by atoms with Crippen LogP contribution >= 0.6 is 11.6 Å². The van der Waals surface area contributed by atoms with E-state index in [4.69, 9.17) is 0 Å². The molecule has 0 atom stereocenters. The second-order valence-electron chi connectivity index (χ2n) is 1.81. The first-order chi connectivity index (χ1) is 5.85. The lowest BCUT2D eigenvalue weighted by Gasteiger charge is -1.82. The topological polar surface area (TPSA) is 17.1 Å². The molecule has 0 aromatic carbocycles. The van der Waals surface area contributed by atoms with Gasteiger partial charge < -0.3 is 0 Å². The van der Waals surface area contributed by atoms with Crippen molar-refractivity contribution in [3.8, 4) is 0 Å². The Morgan fingerprint density at radius 1 is 1.17 bits per heavy atom. The molecule has 1 nitrogen and oxygen atoms in total. The zero-order valence-electron chi connectivity index (χ0n) is 7.75. The predicted molar refractivity (Wildman–Crippen MR) is 55.6 cm³/mol. The SMILES string of the molecule is CCl.C\C=C/C=C(C=O)\C=C/C. The van der Waals surface area contributed by atoms with Crippen molar-refractivity contribution in [1.29, 1.82) is 0 Å². The van der Waals surface area contributed by atoms with E-state index in [1.54, 1.807) is 12.2 Å². The highest BCUT2D eigenvalue weighted by Crippen LogP contribution is 1.92. The quantitative estimate of drug-likeness (QED) is 0.287. The number of alkyl halides is 1. The molecule has 0 unspecified atom stereocenters. The van der Waals surface area contributed by atoms with Crippen molar-refractivity contribution in [3.63, 3.8) is 0 Å². The molecule has 68 valence electrons. The molecule has 2 heteroatoms. The molecule has 0 aliphatic rings. The summed E-state index contributed by atoms with van der Waals surface area (Å²) in [5.41, 5.74) is 0.695. The van der Waals surface area contributed by atoms with Crippen molar-refractivity contribution in [1.82, 2.24) is 0 Å². The van der Waals surface area contributed by atoms with Crippen LogP contribution in [0.25, 0.3) is 0 Å². The largest absolute Gasteiger partial charge is 0.298 e. The molecule has 0 aromatic heterocycles. The van der Waals surface area contributed by atoms with Crippen LogP contribution in [0, 0.1) is 0 Å². The highest BCUT2D eigenvalue weighted by atomic mass is 35.5. The number of carbonyl (C=O) groups is 1. The summed E-state index contributed by atoms with van der Waals surface area (Å²) in [5, 5.41) is 0. The van der Waals surface area contributed by atoms with Gasteiger partial charge in [-0.05, 0) is 13.8 Å². The van der Waals surface area contributed by atoms with Gasteiger partial charge in [-0.25, -0.2) is 0 Å². The molecule has 0 bridgehead atoms. The van der Waals surface area contributed by atoms with Crippen molar-refractivity contribution in [2.45, 2.75) is 13.8 Å². The number of aldehydes is 1. The minimum Gasteiger partial charge on any atom is -0.298 e. The monoisotopic (exact) mass is 186 g/mol. The molecule has 0 fully saturated rings. The standard InChI is InChI=1S/C9H12O.CH3Cl/c1-3-5-7-9(8-10)6-4-2;1-2/h3-8H,1-2H3;1H3/b5-3-,6-4-,9-7+;. The molecule has 0 aliphatic heterocycles. The van der Waals surface area contributed by atoms with E-state index in [1.807, 2.05) is 32.1 Å². The normalized spacial score (nSPS) is 11.5. The average molecular weight is 187 g/mol. The van der Waals surface area contributed by atoms with Gasteiger partial charge in [0.25, 0.3) is 0 Å². The molecule has 0 heterocycles. The number of hydrogen-bond acceptors (Lipinski definition) is 1. The predicted octanol–water partition coefficient (Wildman–Crippen LogP) is 3.12. The van der Waals surface area contributed by atoms with Gasteiger partial charge in [-0.3, -0.25) is 4.79 Å². The minimum absolute atomic E-state index is 0.695. The fraction of sp³-hybridized carbons (Fsp3) is 0.300. The Morgan fingerprint density at radius 3 is 2.08 bits per heavy atom. The molecule has 0 saturated heterocycles. The summed E-state index contributed by atoms with van der Waals surface area (Å²) in [6.07, 6.45) is 11.4. The van der Waals surface area contributed by atoms with E-state index >= 15 is 0 Å². The summed E-state index contributed by atoms with van der Waals surface area (Å²) in [4.78, 5) is 10.2. The van der Waals surface area contributed by atoms with E-state index < -0.39 is 0 Å². The third-order valence-electron chi connectivity index (χ3n) is 0.976. The van der Waals surface area contributed by atoms with Gasteiger partial charge >= 0.3 is 0 Å². The summed E-state index contributed by atoms with van der Waals surface area (Å²) < 4.78 is 0. The van der Waals surface area contributed by atoms with Gasteiger partial charge in [0.15, 0.2) is 0 Å². The van der Waals surface area contributed by atoms with E-state index in [2.05, 4.69) is 11.6 Å². The molecule has 0 aliphatic carbocycles. The van der Waals surface area contributed by atoms with Crippen molar-refractivity contribution < 1.29 is 4.79 Å². The summed E-state index contributed by atoms with van der Waals surface area (Å²) >= 11 is 4.64. The molecule has 0 saturated carbocycles. The summed E-state index contributed by atoms with van der Waals surface area (Å²) in [7, 11) is 0. The van der Waals surface area contributed by atoms with E-state index in [-0.39, 0.29) is 0 Å². The second-order valence-corrected chi connectivity index (χ2v) is 1.81. The van der Waals surface area contributed by atoms with Gasteiger partial charge in [0.1, 0.15) is 6.29 Å². The molecule has 12 heavy (non-hydrogen) atoms. The van der Waals surface area contributed by atoms with Crippen LogP contribution in [0.4, 0.5) is 0 Å². The Hall–Kier alpha value is -0.820. The highest BCUT2D eigenvalue weighted by Gasteiger charge is 1.81. The zero-order chi connectivity index (χ0) is 9.82. The average Bonchev–Trinajstić information content (AvgIpc) is 2.15. The number of allylic oxidation sites excluding steroid dienone is 6. The summed E-state index contributed by atoms with van der Waals surface area (Å²) in [5.74, 6) is 0. The second kappa shape index (κ2) is 12.8. The smallest absolute Gasteiger partial charge is 0.150 e. The first kappa shape index (κ1) is 13.7. The van der Waals surface area contributed by atoms with Crippen LogP contribution in [0.3, 0.4) is 0 Å². The molecule has 0 radical (unpaired) electrons. The Morgan fingerprint density at radius 2 is 1.75 bits per heavy atom. The summed E-state index contributed by atoms with van der Waals surface area (Å²) in [6.45, 7) is 3.79. The highest BCUT2D eigenvalue weighted by molar-refractivity contribution is 6.15. The van der Waals surface area contributed by atoms with Crippen LogP contribution in [-0.2, 0) is 4.79 Å². The number of hydrogen-bond donors (Lipinski definition) is 0. The minimum atomic E-state index is 0.695. The maximum Gasteiger partial charge on any atom is 0.150 e. The third-order valence-corrected chi connectivity index (χ3v) is 0.976. The van der Waals surface area contributed by atoms with Crippen LogP contribution in [-0.4, -0.2) is 12.7 Å². The lowest BCUT2D eigenvalue weighted by atomic mass is 10.2. The van der Waals surface area contributed by atoms with Crippen molar-refractivity contribution in [2.24, 2.45) is 0 Å². The van der Waals surface area contributed by atoms with Crippen molar-refractivity contribution >= 4 is 17.9 Å². The number of carbonyl (C=O) groups excluding carboxylic acids is 1.